The minimum absolute atomic E-state index is 0.132. The molecule has 0 aliphatic rings. The van der Waals surface area contributed by atoms with E-state index in [9.17, 15) is 4.79 Å². The Balaban J connectivity index is 4.38. The molecule has 0 radical (unpaired) electrons. The summed E-state index contributed by atoms with van der Waals surface area (Å²) in [5.74, 6) is 2.72. The van der Waals surface area contributed by atoms with E-state index in [1.807, 2.05) is 0 Å². The van der Waals surface area contributed by atoms with Gasteiger partial charge >= 0.3 is 5.97 Å². The largest absolute Gasteiger partial charge is 0.485 e. The highest BCUT2D eigenvalue weighted by atomic mass is 28.3. The Morgan fingerprint density at radius 1 is 1.41 bits per heavy atom. The number of carbonyl (C=O) groups is 1. The second-order valence-corrected chi connectivity index (χ2v) is 9.51. The summed E-state index contributed by atoms with van der Waals surface area (Å²) >= 11 is 0. The first-order chi connectivity index (χ1) is 7.89. The van der Waals surface area contributed by atoms with Crippen LogP contribution in [-0.4, -0.2) is 27.3 Å². The third-order valence-electron chi connectivity index (χ3n) is 1.81. The zero-order valence-electron chi connectivity index (χ0n) is 11.4. The van der Waals surface area contributed by atoms with E-state index in [4.69, 9.17) is 4.74 Å². The van der Waals surface area contributed by atoms with Gasteiger partial charge in [-0.15, -0.1) is 5.54 Å². The quantitative estimate of drug-likeness (QED) is 0.249. The molecule has 0 aliphatic heterocycles. The molecule has 0 rings (SSSR count). The highest BCUT2D eigenvalue weighted by molar-refractivity contribution is 6.83. The molecule has 0 aromatic heterocycles. The molecule has 1 atom stereocenters. The number of carbonyl (C=O) groups excluding carboxylic acids is 1. The standard InChI is InChI=1S/C13H22O3Si/c1-6-7-12(9-11-17(3,4)5)16-10-8-13(14)15-2/h8,10,12H,6-7H2,1-5H3/b10-8+. The molecule has 0 aromatic carbocycles. The van der Waals surface area contributed by atoms with Crippen molar-refractivity contribution in [1.29, 1.82) is 0 Å². The van der Waals surface area contributed by atoms with Crippen molar-refractivity contribution in [2.24, 2.45) is 0 Å². The summed E-state index contributed by atoms with van der Waals surface area (Å²) in [6.07, 6.45) is 4.36. The summed E-state index contributed by atoms with van der Waals surface area (Å²) < 4.78 is 9.89. The van der Waals surface area contributed by atoms with Crippen LogP contribution in [0.15, 0.2) is 12.3 Å². The molecule has 1 unspecified atom stereocenters. The molecule has 0 N–H and O–H groups in total. The second-order valence-electron chi connectivity index (χ2n) is 4.76. The zero-order chi connectivity index (χ0) is 13.3. The van der Waals surface area contributed by atoms with Crippen molar-refractivity contribution in [2.45, 2.75) is 45.5 Å². The van der Waals surface area contributed by atoms with Gasteiger partial charge in [-0.3, -0.25) is 0 Å². The van der Waals surface area contributed by atoms with Gasteiger partial charge in [0, 0.05) is 0 Å². The van der Waals surface area contributed by atoms with Crippen molar-refractivity contribution in [3.05, 3.63) is 12.3 Å². The summed E-state index contributed by atoms with van der Waals surface area (Å²) in [6, 6.07) is 0. The first-order valence-corrected chi connectivity index (χ1v) is 9.31. The lowest BCUT2D eigenvalue weighted by atomic mass is 10.2. The Kier molecular flexibility index (Phi) is 7.40. The third kappa shape index (κ3) is 9.70. The van der Waals surface area contributed by atoms with Crippen molar-refractivity contribution >= 4 is 14.0 Å². The smallest absolute Gasteiger partial charge is 0.333 e. The van der Waals surface area contributed by atoms with Gasteiger partial charge in [0.1, 0.15) is 8.07 Å². The van der Waals surface area contributed by atoms with Crippen LogP contribution >= 0.6 is 0 Å². The summed E-state index contributed by atoms with van der Waals surface area (Å²) in [7, 11) is -0.0392. The molecular formula is C13H22O3Si. The Labute approximate surface area is 105 Å². The van der Waals surface area contributed by atoms with Gasteiger partial charge in [0.25, 0.3) is 0 Å². The average molecular weight is 254 g/mol. The molecule has 4 heteroatoms. The van der Waals surface area contributed by atoms with Crippen molar-refractivity contribution in [3.8, 4) is 11.5 Å². The maximum Gasteiger partial charge on any atom is 0.333 e. The van der Waals surface area contributed by atoms with Crippen molar-refractivity contribution in [2.75, 3.05) is 7.11 Å². The van der Waals surface area contributed by atoms with Crippen LogP contribution in [0.1, 0.15) is 19.8 Å². The van der Waals surface area contributed by atoms with E-state index >= 15 is 0 Å². The van der Waals surface area contributed by atoms with Gasteiger partial charge in [0.2, 0.25) is 0 Å². The highest BCUT2D eigenvalue weighted by Crippen LogP contribution is 2.04. The Morgan fingerprint density at radius 3 is 2.53 bits per heavy atom. The van der Waals surface area contributed by atoms with Crippen LogP contribution in [0.3, 0.4) is 0 Å². The highest BCUT2D eigenvalue weighted by Gasteiger charge is 2.09. The molecule has 0 fully saturated rings. The monoisotopic (exact) mass is 254 g/mol. The SMILES string of the molecule is CCCC(C#C[Si](C)(C)C)O/C=C/C(=O)OC. The van der Waals surface area contributed by atoms with Crippen molar-refractivity contribution in [1.82, 2.24) is 0 Å². The number of esters is 1. The molecule has 0 saturated carbocycles. The van der Waals surface area contributed by atoms with Crippen LogP contribution in [0.5, 0.6) is 0 Å². The summed E-state index contributed by atoms with van der Waals surface area (Å²) in [6.45, 7) is 8.64. The molecule has 0 aromatic rings. The van der Waals surface area contributed by atoms with E-state index in [2.05, 4.69) is 42.8 Å². The number of methoxy groups -OCH3 is 1. The third-order valence-corrected chi connectivity index (χ3v) is 2.70. The first kappa shape index (κ1) is 15.8. The van der Waals surface area contributed by atoms with Gasteiger partial charge in [-0.2, -0.15) is 0 Å². The fraction of sp³-hybridized carbons (Fsp3) is 0.615. The van der Waals surface area contributed by atoms with Gasteiger partial charge in [-0.1, -0.05) is 38.9 Å². The Bertz CT molecular complexity index is 318. The molecule has 17 heavy (non-hydrogen) atoms. The Hall–Kier alpha value is -1.21. The van der Waals surface area contributed by atoms with E-state index in [0.717, 1.165) is 12.8 Å². The summed E-state index contributed by atoms with van der Waals surface area (Å²) in [5.41, 5.74) is 3.27. The van der Waals surface area contributed by atoms with Crippen molar-refractivity contribution in [3.63, 3.8) is 0 Å². The zero-order valence-corrected chi connectivity index (χ0v) is 12.4. The maximum atomic E-state index is 10.9. The van der Waals surface area contributed by atoms with Crippen LogP contribution < -0.4 is 0 Å². The second kappa shape index (κ2) is 7.96. The topological polar surface area (TPSA) is 35.5 Å². The van der Waals surface area contributed by atoms with Crippen LogP contribution in [-0.2, 0) is 14.3 Å². The lowest BCUT2D eigenvalue weighted by molar-refractivity contribution is -0.135. The molecule has 96 valence electrons. The van der Waals surface area contributed by atoms with E-state index in [0.29, 0.717) is 0 Å². The van der Waals surface area contributed by atoms with Crippen molar-refractivity contribution < 1.29 is 14.3 Å². The van der Waals surface area contributed by atoms with Gasteiger partial charge in [0.15, 0.2) is 6.10 Å². The molecule has 0 amide bonds. The van der Waals surface area contributed by atoms with Crippen LogP contribution in [0.2, 0.25) is 19.6 Å². The summed E-state index contributed by atoms with van der Waals surface area (Å²) in [4.78, 5) is 10.9. The minimum Gasteiger partial charge on any atom is -0.485 e. The predicted molar refractivity (Wildman–Crippen MR) is 72.1 cm³/mol. The fourth-order valence-electron chi connectivity index (χ4n) is 0.991. The lowest BCUT2D eigenvalue weighted by Gasteiger charge is -2.10. The lowest BCUT2D eigenvalue weighted by Crippen LogP contribution is -2.18. The van der Waals surface area contributed by atoms with Gasteiger partial charge in [-0.05, 0) is 6.42 Å². The molecular weight excluding hydrogens is 232 g/mol. The number of rotatable bonds is 5. The number of ether oxygens (including phenoxy) is 2. The van der Waals surface area contributed by atoms with Crippen LogP contribution in [0.4, 0.5) is 0 Å². The number of hydrogen-bond donors (Lipinski definition) is 0. The molecule has 0 saturated heterocycles. The van der Waals surface area contributed by atoms with Crippen LogP contribution in [0, 0.1) is 11.5 Å². The van der Waals surface area contributed by atoms with Gasteiger partial charge in [0.05, 0.1) is 19.4 Å². The van der Waals surface area contributed by atoms with Gasteiger partial charge in [-0.25, -0.2) is 4.79 Å². The maximum absolute atomic E-state index is 10.9. The Morgan fingerprint density at radius 2 is 2.06 bits per heavy atom. The van der Waals surface area contributed by atoms with Crippen LogP contribution in [0.25, 0.3) is 0 Å². The van der Waals surface area contributed by atoms with E-state index in [1.54, 1.807) is 0 Å². The molecule has 0 heterocycles. The van der Waals surface area contributed by atoms with E-state index in [1.165, 1.54) is 19.4 Å². The fourth-order valence-corrected chi connectivity index (χ4v) is 1.59. The average Bonchev–Trinajstić information content (AvgIpc) is 2.24. The van der Waals surface area contributed by atoms with E-state index in [-0.39, 0.29) is 6.10 Å². The number of hydrogen-bond acceptors (Lipinski definition) is 3. The molecule has 0 bridgehead atoms. The normalized spacial score (nSPS) is 12.8. The molecule has 0 aliphatic carbocycles. The minimum atomic E-state index is -1.37. The molecule has 0 spiro atoms. The van der Waals surface area contributed by atoms with Gasteiger partial charge < -0.3 is 9.47 Å². The predicted octanol–water partition coefficient (Wildman–Crippen LogP) is 2.74. The summed E-state index contributed by atoms with van der Waals surface area (Å²) in [5, 5.41) is 0. The first-order valence-electron chi connectivity index (χ1n) is 5.81. The molecule has 3 nitrogen and oxygen atoms in total. The van der Waals surface area contributed by atoms with E-state index < -0.39 is 14.0 Å².